The van der Waals surface area contributed by atoms with Crippen molar-refractivity contribution in [2.45, 2.75) is 6.92 Å². The van der Waals surface area contributed by atoms with Crippen LogP contribution in [0.25, 0.3) is 11.1 Å². The first-order chi connectivity index (χ1) is 12.5. The lowest BCUT2D eigenvalue weighted by atomic mass is 9.99. The maximum atomic E-state index is 12.7. The number of hydrogen-bond acceptors (Lipinski definition) is 4. The van der Waals surface area contributed by atoms with Crippen molar-refractivity contribution >= 4 is 17.6 Å². The second-order valence-corrected chi connectivity index (χ2v) is 6.13. The molecular formula is C20H20N2O4. The Morgan fingerprint density at radius 1 is 1.12 bits per heavy atom. The Kier molecular flexibility index (Phi) is 5.02. The molecule has 1 aliphatic heterocycles. The first-order valence-corrected chi connectivity index (χ1v) is 8.35. The van der Waals surface area contributed by atoms with Crippen molar-refractivity contribution in [3.8, 4) is 16.9 Å². The minimum absolute atomic E-state index is 0.0695. The predicted molar refractivity (Wildman–Crippen MR) is 97.3 cm³/mol. The van der Waals surface area contributed by atoms with Crippen molar-refractivity contribution in [1.29, 1.82) is 0 Å². The molecule has 6 nitrogen and oxygen atoms in total. The summed E-state index contributed by atoms with van der Waals surface area (Å²) >= 11 is 0. The number of piperazine rings is 1. The molecule has 6 heteroatoms. The summed E-state index contributed by atoms with van der Waals surface area (Å²) in [5, 5.41) is 2.71. The van der Waals surface area contributed by atoms with E-state index in [-0.39, 0.29) is 24.1 Å². The van der Waals surface area contributed by atoms with Crippen LogP contribution in [-0.4, -0.2) is 49.2 Å². The zero-order chi connectivity index (χ0) is 18.7. The summed E-state index contributed by atoms with van der Waals surface area (Å²) in [7, 11) is 1.52. The van der Waals surface area contributed by atoms with E-state index in [9.17, 15) is 14.4 Å². The maximum absolute atomic E-state index is 12.7. The average Bonchev–Trinajstić information content (AvgIpc) is 2.67. The highest BCUT2D eigenvalue weighted by Crippen LogP contribution is 2.28. The van der Waals surface area contributed by atoms with Gasteiger partial charge in [0.05, 0.1) is 19.2 Å². The lowest BCUT2D eigenvalue weighted by Crippen LogP contribution is -2.49. The molecule has 2 amide bonds. The molecule has 1 N–H and O–H groups in total. The number of methoxy groups -OCH3 is 1. The molecule has 1 heterocycles. The van der Waals surface area contributed by atoms with Crippen LogP contribution in [0, 0.1) is 0 Å². The Morgan fingerprint density at radius 3 is 2.58 bits per heavy atom. The molecule has 2 aromatic carbocycles. The van der Waals surface area contributed by atoms with E-state index in [4.69, 9.17) is 4.74 Å². The van der Waals surface area contributed by atoms with E-state index in [0.717, 1.165) is 11.1 Å². The summed E-state index contributed by atoms with van der Waals surface area (Å²) in [6.07, 6.45) is 0. The van der Waals surface area contributed by atoms with Crippen LogP contribution in [0.15, 0.2) is 42.5 Å². The van der Waals surface area contributed by atoms with Gasteiger partial charge in [-0.3, -0.25) is 14.4 Å². The molecule has 0 aliphatic carbocycles. The molecule has 1 saturated heterocycles. The normalized spacial score (nSPS) is 13.9. The third-order valence-electron chi connectivity index (χ3n) is 4.35. The quantitative estimate of drug-likeness (QED) is 0.856. The summed E-state index contributed by atoms with van der Waals surface area (Å²) in [5.41, 5.74) is 2.65. The zero-order valence-corrected chi connectivity index (χ0v) is 14.7. The minimum Gasteiger partial charge on any atom is -0.496 e. The van der Waals surface area contributed by atoms with E-state index < -0.39 is 0 Å². The molecule has 0 aromatic heterocycles. The standard InChI is InChI=1S/C20H20N2O4/c1-13(23)17-11-15(6-7-18(17)26-2)14-4-3-5-16(10-14)20(25)22-9-8-21-19(24)12-22/h3-7,10-11H,8-9,12H2,1-2H3,(H,21,24). The topological polar surface area (TPSA) is 75.7 Å². The van der Waals surface area contributed by atoms with E-state index >= 15 is 0 Å². The van der Waals surface area contributed by atoms with Crippen LogP contribution in [0.4, 0.5) is 0 Å². The number of nitrogens with zero attached hydrogens (tertiary/aromatic N) is 1. The number of nitrogens with one attached hydrogen (secondary N) is 1. The maximum Gasteiger partial charge on any atom is 0.254 e. The third kappa shape index (κ3) is 3.59. The SMILES string of the molecule is COc1ccc(-c2cccc(C(=O)N3CCNC(=O)C3)c2)cc1C(C)=O. The number of carbonyl (C=O) groups excluding carboxylic acids is 3. The van der Waals surface area contributed by atoms with Gasteiger partial charge in [0.15, 0.2) is 5.78 Å². The van der Waals surface area contributed by atoms with Gasteiger partial charge < -0.3 is 15.0 Å². The highest BCUT2D eigenvalue weighted by atomic mass is 16.5. The monoisotopic (exact) mass is 352 g/mol. The number of amides is 2. The Labute approximate surface area is 151 Å². The van der Waals surface area contributed by atoms with Crippen molar-refractivity contribution in [2.24, 2.45) is 0 Å². The Hall–Kier alpha value is -3.15. The fourth-order valence-corrected chi connectivity index (χ4v) is 2.99. The lowest BCUT2D eigenvalue weighted by molar-refractivity contribution is -0.123. The van der Waals surface area contributed by atoms with Crippen LogP contribution in [0.1, 0.15) is 27.6 Å². The Balaban J connectivity index is 1.92. The van der Waals surface area contributed by atoms with Gasteiger partial charge in [-0.2, -0.15) is 0 Å². The summed E-state index contributed by atoms with van der Waals surface area (Å²) in [4.78, 5) is 37.6. The van der Waals surface area contributed by atoms with Crippen molar-refractivity contribution < 1.29 is 19.1 Å². The van der Waals surface area contributed by atoms with Crippen LogP contribution < -0.4 is 10.1 Å². The van der Waals surface area contributed by atoms with E-state index in [1.807, 2.05) is 12.1 Å². The highest BCUT2D eigenvalue weighted by molar-refractivity contribution is 5.99. The fraction of sp³-hybridized carbons (Fsp3) is 0.250. The Bertz CT molecular complexity index is 876. The van der Waals surface area contributed by atoms with Crippen LogP contribution >= 0.6 is 0 Å². The molecule has 134 valence electrons. The number of benzene rings is 2. The summed E-state index contributed by atoms with van der Waals surface area (Å²) in [5.74, 6) is 0.104. The number of Topliss-reactive ketones (excluding diaryl/α,β-unsaturated/α-hetero) is 1. The predicted octanol–water partition coefficient (Wildman–Crippen LogP) is 2.14. The van der Waals surface area contributed by atoms with Gasteiger partial charge in [-0.05, 0) is 42.3 Å². The second-order valence-electron chi connectivity index (χ2n) is 6.13. The third-order valence-corrected chi connectivity index (χ3v) is 4.35. The molecule has 1 fully saturated rings. The van der Waals surface area contributed by atoms with Crippen molar-refractivity contribution in [3.63, 3.8) is 0 Å². The van der Waals surface area contributed by atoms with Crippen molar-refractivity contribution in [1.82, 2.24) is 10.2 Å². The van der Waals surface area contributed by atoms with Crippen LogP contribution in [0.3, 0.4) is 0 Å². The Morgan fingerprint density at radius 2 is 1.88 bits per heavy atom. The lowest BCUT2D eigenvalue weighted by Gasteiger charge is -2.26. The molecule has 0 spiro atoms. The van der Waals surface area contributed by atoms with Crippen LogP contribution in [0.5, 0.6) is 5.75 Å². The van der Waals surface area contributed by atoms with Gasteiger partial charge in [-0.25, -0.2) is 0 Å². The number of rotatable bonds is 4. The van der Waals surface area contributed by atoms with Gasteiger partial charge >= 0.3 is 0 Å². The molecule has 0 unspecified atom stereocenters. The van der Waals surface area contributed by atoms with Gasteiger partial charge in [0, 0.05) is 18.7 Å². The molecule has 0 saturated carbocycles. The summed E-state index contributed by atoms with van der Waals surface area (Å²) < 4.78 is 5.23. The molecule has 1 aliphatic rings. The molecule has 0 atom stereocenters. The zero-order valence-electron chi connectivity index (χ0n) is 14.7. The van der Waals surface area contributed by atoms with Gasteiger partial charge in [0.1, 0.15) is 5.75 Å². The second kappa shape index (κ2) is 7.39. The van der Waals surface area contributed by atoms with Crippen molar-refractivity contribution in [3.05, 3.63) is 53.6 Å². The van der Waals surface area contributed by atoms with E-state index in [0.29, 0.717) is 30.0 Å². The molecule has 0 radical (unpaired) electrons. The first kappa shape index (κ1) is 17.7. The van der Waals surface area contributed by atoms with E-state index in [1.54, 1.807) is 30.3 Å². The molecule has 3 rings (SSSR count). The number of ketones is 1. The van der Waals surface area contributed by atoms with Gasteiger partial charge in [-0.1, -0.05) is 18.2 Å². The van der Waals surface area contributed by atoms with E-state index in [2.05, 4.69) is 5.32 Å². The number of ether oxygens (including phenoxy) is 1. The van der Waals surface area contributed by atoms with Crippen molar-refractivity contribution in [2.75, 3.05) is 26.7 Å². The van der Waals surface area contributed by atoms with Crippen LogP contribution in [0.2, 0.25) is 0 Å². The minimum atomic E-state index is -0.179. The smallest absolute Gasteiger partial charge is 0.254 e. The molecule has 0 bridgehead atoms. The van der Waals surface area contributed by atoms with E-state index in [1.165, 1.54) is 18.9 Å². The van der Waals surface area contributed by atoms with Gasteiger partial charge in [-0.15, -0.1) is 0 Å². The van der Waals surface area contributed by atoms with Crippen LogP contribution in [-0.2, 0) is 4.79 Å². The summed E-state index contributed by atoms with van der Waals surface area (Å²) in [6, 6.07) is 12.5. The number of hydrogen-bond donors (Lipinski definition) is 1. The molecule has 26 heavy (non-hydrogen) atoms. The summed E-state index contributed by atoms with van der Waals surface area (Å²) in [6.45, 7) is 2.51. The highest BCUT2D eigenvalue weighted by Gasteiger charge is 2.22. The average molecular weight is 352 g/mol. The largest absolute Gasteiger partial charge is 0.496 e. The molecule has 2 aromatic rings. The first-order valence-electron chi connectivity index (χ1n) is 8.35. The van der Waals surface area contributed by atoms with Gasteiger partial charge in [0.25, 0.3) is 5.91 Å². The molecular weight excluding hydrogens is 332 g/mol. The number of carbonyl (C=O) groups is 3. The fourth-order valence-electron chi connectivity index (χ4n) is 2.99. The van der Waals surface area contributed by atoms with Gasteiger partial charge in [0.2, 0.25) is 5.91 Å².